The monoisotopic (exact) mass is 345 g/mol. The molecule has 3 rings (SSSR count). The molecule has 1 aliphatic heterocycles. The van der Waals surface area contributed by atoms with Crippen molar-refractivity contribution in [3.63, 3.8) is 0 Å². The van der Waals surface area contributed by atoms with Gasteiger partial charge in [0.15, 0.2) is 0 Å². The van der Waals surface area contributed by atoms with Crippen molar-refractivity contribution < 1.29 is 9.53 Å². The molecule has 1 fully saturated rings. The summed E-state index contributed by atoms with van der Waals surface area (Å²) in [5.74, 6) is 0.796. The second kappa shape index (κ2) is 7.85. The van der Waals surface area contributed by atoms with Gasteiger partial charge in [-0.2, -0.15) is 0 Å². The molecule has 1 aliphatic rings. The Bertz CT molecular complexity index is 672. The second-order valence-corrected chi connectivity index (χ2v) is 7.49. The number of amides is 1. The highest BCUT2D eigenvalue weighted by Gasteiger charge is 2.28. The van der Waals surface area contributed by atoms with E-state index in [9.17, 15) is 4.79 Å². The van der Waals surface area contributed by atoms with E-state index in [1.54, 1.807) is 18.6 Å². The molecule has 24 heavy (non-hydrogen) atoms. The van der Waals surface area contributed by atoms with E-state index >= 15 is 0 Å². The fourth-order valence-corrected chi connectivity index (χ4v) is 3.98. The number of nitrogens with zero attached hydrogens (tertiary/aromatic N) is 2. The highest BCUT2D eigenvalue weighted by atomic mass is 32.1. The number of carbonyl (C=O) groups excluding carboxylic acids is 1. The molecule has 1 saturated heterocycles. The summed E-state index contributed by atoms with van der Waals surface area (Å²) in [6.45, 7) is 5.84. The van der Waals surface area contributed by atoms with Crippen molar-refractivity contribution in [1.29, 1.82) is 0 Å². The lowest BCUT2D eigenvalue weighted by molar-refractivity contribution is -0.0510. The van der Waals surface area contributed by atoms with Gasteiger partial charge in [-0.3, -0.25) is 9.78 Å². The predicted octanol–water partition coefficient (Wildman–Crippen LogP) is 3.39. The van der Waals surface area contributed by atoms with Gasteiger partial charge < -0.3 is 10.1 Å². The minimum atomic E-state index is -0.0547. The van der Waals surface area contributed by atoms with Crippen molar-refractivity contribution in [2.75, 3.05) is 13.2 Å². The molecule has 6 heteroatoms. The lowest BCUT2D eigenvalue weighted by Gasteiger charge is -2.34. The van der Waals surface area contributed by atoms with Crippen LogP contribution in [0.5, 0.6) is 0 Å². The van der Waals surface area contributed by atoms with Crippen molar-refractivity contribution in [3.8, 4) is 10.6 Å². The molecule has 0 aromatic carbocycles. The Labute approximate surface area is 146 Å². The Morgan fingerprint density at radius 2 is 2.21 bits per heavy atom. The zero-order chi connectivity index (χ0) is 16.9. The molecular formula is C18H23N3O2S. The largest absolute Gasteiger partial charge is 0.378 e. The van der Waals surface area contributed by atoms with E-state index in [1.165, 1.54) is 11.3 Å². The Balaban J connectivity index is 1.60. The lowest BCUT2D eigenvalue weighted by Crippen LogP contribution is -2.41. The summed E-state index contributed by atoms with van der Waals surface area (Å²) in [5, 5.41) is 3.89. The molecule has 5 nitrogen and oxygen atoms in total. The minimum Gasteiger partial charge on any atom is -0.378 e. The van der Waals surface area contributed by atoms with Crippen LogP contribution in [0.1, 0.15) is 36.4 Å². The van der Waals surface area contributed by atoms with E-state index in [1.807, 2.05) is 12.1 Å². The predicted molar refractivity (Wildman–Crippen MR) is 95.0 cm³/mol. The Morgan fingerprint density at radius 1 is 1.42 bits per heavy atom. The topological polar surface area (TPSA) is 64.1 Å². The minimum absolute atomic E-state index is 0.0547. The number of aromatic nitrogens is 2. The van der Waals surface area contributed by atoms with Crippen LogP contribution in [0.25, 0.3) is 10.6 Å². The number of ether oxygens (including phenoxy) is 1. The quantitative estimate of drug-likeness (QED) is 0.902. The molecule has 1 N–H and O–H groups in total. The van der Waals surface area contributed by atoms with Crippen molar-refractivity contribution in [2.45, 2.75) is 32.8 Å². The molecule has 2 aromatic rings. The molecular weight excluding hydrogens is 322 g/mol. The van der Waals surface area contributed by atoms with E-state index in [4.69, 9.17) is 4.74 Å². The highest BCUT2D eigenvalue weighted by Crippen LogP contribution is 2.27. The molecule has 3 heterocycles. The Hall–Kier alpha value is -1.79. The zero-order valence-electron chi connectivity index (χ0n) is 14.1. The summed E-state index contributed by atoms with van der Waals surface area (Å²) < 4.78 is 5.88. The molecule has 2 aromatic heterocycles. The van der Waals surface area contributed by atoms with Crippen LogP contribution in [0, 0.1) is 11.8 Å². The van der Waals surface area contributed by atoms with E-state index in [0.717, 1.165) is 30.0 Å². The first-order valence-corrected chi connectivity index (χ1v) is 9.23. The van der Waals surface area contributed by atoms with Crippen LogP contribution in [0.15, 0.2) is 30.7 Å². The van der Waals surface area contributed by atoms with Gasteiger partial charge >= 0.3 is 0 Å². The standard InChI is InChI=1S/C18H23N3O2S/c1-12(2)16-14(4-3-9-23-16)10-20-17(22)15-11-21-18(24-15)13-5-7-19-8-6-13/h5-8,11-12,14,16H,3-4,9-10H2,1-2H3,(H,20,22)/t14-,16-/m1/s1. The summed E-state index contributed by atoms with van der Waals surface area (Å²) in [4.78, 5) is 21.4. The molecule has 0 spiro atoms. The van der Waals surface area contributed by atoms with Gasteiger partial charge in [-0.05, 0) is 30.9 Å². The van der Waals surface area contributed by atoms with E-state index < -0.39 is 0 Å². The summed E-state index contributed by atoms with van der Waals surface area (Å²) in [6.07, 6.45) is 7.50. The molecule has 0 unspecified atom stereocenters. The maximum atomic E-state index is 12.4. The number of hydrogen-bond acceptors (Lipinski definition) is 5. The number of carbonyl (C=O) groups is 1. The third-order valence-electron chi connectivity index (χ3n) is 4.33. The molecule has 0 aliphatic carbocycles. The van der Waals surface area contributed by atoms with Gasteiger partial charge in [0.2, 0.25) is 0 Å². The second-order valence-electron chi connectivity index (χ2n) is 6.46. The van der Waals surface area contributed by atoms with Gasteiger partial charge in [-0.15, -0.1) is 11.3 Å². The first-order valence-electron chi connectivity index (χ1n) is 8.41. The normalized spacial score (nSPS) is 21.0. The van der Waals surface area contributed by atoms with Crippen LogP contribution in [0.3, 0.4) is 0 Å². The van der Waals surface area contributed by atoms with Crippen LogP contribution < -0.4 is 5.32 Å². The van der Waals surface area contributed by atoms with Crippen LogP contribution in [-0.4, -0.2) is 35.1 Å². The zero-order valence-corrected chi connectivity index (χ0v) is 14.9. The molecule has 0 radical (unpaired) electrons. The van der Waals surface area contributed by atoms with Crippen molar-refractivity contribution in [1.82, 2.24) is 15.3 Å². The smallest absolute Gasteiger partial charge is 0.263 e. The van der Waals surface area contributed by atoms with Gasteiger partial charge in [0, 0.05) is 37.0 Å². The highest BCUT2D eigenvalue weighted by molar-refractivity contribution is 7.16. The fourth-order valence-electron chi connectivity index (χ4n) is 3.14. The van der Waals surface area contributed by atoms with Crippen LogP contribution in [-0.2, 0) is 4.74 Å². The van der Waals surface area contributed by atoms with Crippen molar-refractivity contribution in [2.24, 2.45) is 11.8 Å². The molecule has 1 amide bonds. The Kier molecular flexibility index (Phi) is 5.58. The van der Waals surface area contributed by atoms with Crippen molar-refractivity contribution >= 4 is 17.2 Å². The van der Waals surface area contributed by atoms with Crippen LogP contribution >= 0.6 is 11.3 Å². The van der Waals surface area contributed by atoms with Gasteiger partial charge in [0.1, 0.15) is 9.88 Å². The van der Waals surface area contributed by atoms with Crippen LogP contribution in [0.4, 0.5) is 0 Å². The summed E-state index contributed by atoms with van der Waals surface area (Å²) >= 11 is 1.41. The molecule has 0 bridgehead atoms. The third-order valence-corrected chi connectivity index (χ3v) is 5.38. The average Bonchev–Trinajstić information content (AvgIpc) is 3.11. The summed E-state index contributed by atoms with van der Waals surface area (Å²) in [5.41, 5.74) is 0.981. The molecule has 0 saturated carbocycles. The molecule has 128 valence electrons. The van der Waals surface area contributed by atoms with Crippen molar-refractivity contribution in [3.05, 3.63) is 35.6 Å². The fraction of sp³-hybridized carbons (Fsp3) is 0.500. The van der Waals surface area contributed by atoms with Gasteiger partial charge in [0.05, 0.1) is 12.3 Å². The summed E-state index contributed by atoms with van der Waals surface area (Å²) in [7, 11) is 0. The number of rotatable bonds is 5. The number of thiazole rings is 1. The maximum Gasteiger partial charge on any atom is 0.263 e. The van der Waals surface area contributed by atoms with E-state index in [0.29, 0.717) is 23.3 Å². The number of nitrogens with one attached hydrogen (secondary N) is 1. The van der Waals surface area contributed by atoms with E-state index in [-0.39, 0.29) is 12.0 Å². The van der Waals surface area contributed by atoms with Gasteiger partial charge in [0.25, 0.3) is 5.91 Å². The van der Waals surface area contributed by atoms with E-state index in [2.05, 4.69) is 29.1 Å². The van der Waals surface area contributed by atoms with Gasteiger partial charge in [-0.25, -0.2) is 4.98 Å². The lowest BCUT2D eigenvalue weighted by atomic mass is 9.87. The third kappa shape index (κ3) is 3.99. The first kappa shape index (κ1) is 17.0. The summed E-state index contributed by atoms with van der Waals surface area (Å²) in [6, 6.07) is 3.79. The number of pyridine rings is 1. The SMILES string of the molecule is CC(C)[C@H]1OCCC[C@@H]1CNC(=O)c1cnc(-c2ccncc2)s1. The first-order chi connectivity index (χ1) is 11.6. The maximum absolute atomic E-state index is 12.4. The van der Waals surface area contributed by atoms with Gasteiger partial charge in [-0.1, -0.05) is 13.8 Å². The number of hydrogen-bond donors (Lipinski definition) is 1. The Morgan fingerprint density at radius 3 is 2.96 bits per heavy atom. The van der Waals surface area contributed by atoms with Crippen LogP contribution in [0.2, 0.25) is 0 Å². The molecule has 2 atom stereocenters. The average molecular weight is 345 g/mol.